The van der Waals surface area contributed by atoms with Crippen LogP contribution in [-0.2, 0) is 6.54 Å². The van der Waals surface area contributed by atoms with Gasteiger partial charge in [-0.3, -0.25) is 4.90 Å². The second kappa shape index (κ2) is 5.55. The summed E-state index contributed by atoms with van der Waals surface area (Å²) in [7, 11) is 1.90. The van der Waals surface area contributed by atoms with Crippen molar-refractivity contribution >= 4 is 11.6 Å². The lowest BCUT2D eigenvalue weighted by Crippen LogP contribution is -2.38. The summed E-state index contributed by atoms with van der Waals surface area (Å²) in [6, 6.07) is 5.03. The fourth-order valence-electron chi connectivity index (χ4n) is 2.71. The molecule has 1 saturated carbocycles. The minimum atomic E-state index is -0.593. The van der Waals surface area contributed by atoms with Crippen LogP contribution in [0.4, 0.5) is 4.39 Å². The Bertz CT molecular complexity index is 418. The van der Waals surface area contributed by atoms with E-state index in [-0.39, 0.29) is 10.8 Å². The molecule has 4 heteroatoms. The van der Waals surface area contributed by atoms with E-state index in [9.17, 15) is 9.50 Å². The van der Waals surface area contributed by atoms with Crippen LogP contribution >= 0.6 is 11.6 Å². The molecular weight excluding hydrogens is 253 g/mol. The van der Waals surface area contributed by atoms with E-state index in [4.69, 9.17) is 11.6 Å². The summed E-state index contributed by atoms with van der Waals surface area (Å²) in [5.41, 5.74) is -0.0179. The second-order valence-corrected chi connectivity index (χ2v) is 5.72. The molecule has 0 spiro atoms. The third kappa shape index (κ3) is 3.22. The van der Waals surface area contributed by atoms with Gasteiger partial charge in [0.15, 0.2) is 0 Å². The van der Waals surface area contributed by atoms with Gasteiger partial charge in [-0.25, -0.2) is 4.39 Å². The van der Waals surface area contributed by atoms with E-state index in [0.717, 1.165) is 25.7 Å². The van der Waals surface area contributed by atoms with Crippen molar-refractivity contribution in [2.45, 2.75) is 37.8 Å². The van der Waals surface area contributed by atoms with Crippen molar-refractivity contribution in [3.05, 3.63) is 34.6 Å². The predicted molar refractivity (Wildman–Crippen MR) is 71.2 cm³/mol. The van der Waals surface area contributed by atoms with E-state index < -0.39 is 5.60 Å². The molecule has 1 N–H and O–H groups in total. The molecule has 1 aromatic carbocycles. The molecule has 2 rings (SSSR count). The van der Waals surface area contributed by atoms with Crippen molar-refractivity contribution in [1.82, 2.24) is 4.90 Å². The van der Waals surface area contributed by atoms with Gasteiger partial charge in [-0.15, -0.1) is 0 Å². The van der Waals surface area contributed by atoms with E-state index >= 15 is 0 Å². The van der Waals surface area contributed by atoms with Gasteiger partial charge in [-0.1, -0.05) is 36.6 Å². The Labute approximate surface area is 112 Å². The lowest BCUT2D eigenvalue weighted by molar-refractivity contribution is 0.0143. The van der Waals surface area contributed by atoms with Gasteiger partial charge < -0.3 is 5.11 Å². The van der Waals surface area contributed by atoms with Crippen LogP contribution in [0.5, 0.6) is 0 Å². The number of nitrogens with zero attached hydrogens (tertiary/aromatic N) is 1. The first-order chi connectivity index (χ1) is 8.50. The Kier molecular flexibility index (Phi) is 4.25. The maximum atomic E-state index is 13.7. The summed E-state index contributed by atoms with van der Waals surface area (Å²) in [6.07, 6.45) is 3.84. The first-order valence-corrected chi connectivity index (χ1v) is 6.72. The Morgan fingerprint density at radius 1 is 1.39 bits per heavy atom. The fraction of sp³-hybridized carbons (Fsp3) is 0.571. The van der Waals surface area contributed by atoms with Crippen molar-refractivity contribution < 1.29 is 9.50 Å². The Morgan fingerprint density at radius 3 is 2.72 bits per heavy atom. The summed E-state index contributed by atoms with van der Waals surface area (Å²) in [5.74, 6) is -0.357. The number of aliphatic hydroxyl groups is 1. The minimum absolute atomic E-state index is 0.153. The van der Waals surface area contributed by atoms with E-state index in [0.29, 0.717) is 18.7 Å². The highest BCUT2D eigenvalue weighted by Gasteiger charge is 2.32. The van der Waals surface area contributed by atoms with Gasteiger partial charge in [0.2, 0.25) is 0 Å². The van der Waals surface area contributed by atoms with Crippen molar-refractivity contribution in [1.29, 1.82) is 0 Å². The lowest BCUT2D eigenvalue weighted by Gasteiger charge is -2.28. The summed E-state index contributed by atoms with van der Waals surface area (Å²) in [6.45, 7) is 1.05. The average Bonchev–Trinajstić information content (AvgIpc) is 2.71. The molecule has 1 aromatic rings. The van der Waals surface area contributed by atoms with Gasteiger partial charge in [0, 0.05) is 18.7 Å². The van der Waals surface area contributed by atoms with Crippen LogP contribution in [0.25, 0.3) is 0 Å². The lowest BCUT2D eigenvalue weighted by atomic mass is 10.0. The van der Waals surface area contributed by atoms with Crippen molar-refractivity contribution in [2.75, 3.05) is 13.6 Å². The maximum absolute atomic E-state index is 13.7. The zero-order valence-corrected chi connectivity index (χ0v) is 11.4. The molecule has 1 aliphatic carbocycles. The Balaban J connectivity index is 1.98. The molecule has 0 radical (unpaired) electrons. The van der Waals surface area contributed by atoms with E-state index in [1.165, 1.54) is 0 Å². The van der Waals surface area contributed by atoms with Gasteiger partial charge in [0.1, 0.15) is 5.82 Å². The van der Waals surface area contributed by atoms with E-state index in [2.05, 4.69) is 0 Å². The molecule has 0 bridgehead atoms. The second-order valence-electron chi connectivity index (χ2n) is 5.32. The Morgan fingerprint density at radius 2 is 2.06 bits per heavy atom. The van der Waals surface area contributed by atoms with Crippen molar-refractivity contribution in [3.8, 4) is 0 Å². The van der Waals surface area contributed by atoms with Crippen LogP contribution in [0.15, 0.2) is 18.2 Å². The molecule has 2 nitrogen and oxygen atoms in total. The highest BCUT2D eigenvalue weighted by atomic mass is 35.5. The number of hydrogen-bond acceptors (Lipinski definition) is 2. The van der Waals surface area contributed by atoms with Crippen LogP contribution in [0, 0.1) is 5.82 Å². The molecule has 0 heterocycles. The van der Waals surface area contributed by atoms with Gasteiger partial charge in [-0.05, 0) is 26.0 Å². The minimum Gasteiger partial charge on any atom is -0.389 e. The molecule has 18 heavy (non-hydrogen) atoms. The molecule has 0 atom stereocenters. The van der Waals surface area contributed by atoms with Crippen LogP contribution in [0.2, 0.25) is 5.02 Å². The standard InChI is InChI=1S/C14H19ClFNO/c1-17(10-14(18)7-2-3-8-14)9-11-5-4-6-12(15)13(11)16/h4-6,18H,2-3,7-10H2,1H3. The topological polar surface area (TPSA) is 23.5 Å². The van der Waals surface area contributed by atoms with Crippen LogP contribution in [-0.4, -0.2) is 29.2 Å². The molecule has 0 saturated heterocycles. The molecule has 1 aliphatic rings. The van der Waals surface area contributed by atoms with Crippen molar-refractivity contribution in [3.63, 3.8) is 0 Å². The number of likely N-dealkylation sites (N-methyl/N-ethyl adjacent to an activating group) is 1. The van der Waals surface area contributed by atoms with E-state index in [1.54, 1.807) is 18.2 Å². The zero-order valence-electron chi connectivity index (χ0n) is 10.6. The number of halogens is 2. The van der Waals surface area contributed by atoms with Gasteiger partial charge in [-0.2, -0.15) is 0 Å². The summed E-state index contributed by atoms with van der Waals surface area (Å²) in [4.78, 5) is 1.96. The summed E-state index contributed by atoms with van der Waals surface area (Å²) >= 11 is 5.75. The predicted octanol–water partition coefficient (Wildman–Crippen LogP) is 3.22. The number of hydrogen-bond donors (Lipinski definition) is 1. The maximum Gasteiger partial charge on any atom is 0.146 e. The number of rotatable bonds is 4. The molecule has 0 aliphatic heterocycles. The highest BCUT2D eigenvalue weighted by Crippen LogP contribution is 2.30. The monoisotopic (exact) mass is 271 g/mol. The summed E-state index contributed by atoms with van der Waals surface area (Å²) < 4.78 is 13.7. The zero-order chi connectivity index (χ0) is 13.2. The highest BCUT2D eigenvalue weighted by molar-refractivity contribution is 6.30. The van der Waals surface area contributed by atoms with Gasteiger partial charge in [0.25, 0.3) is 0 Å². The van der Waals surface area contributed by atoms with Crippen LogP contribution in [0.3, 0.4) is 0 Å². The van der Waals surface area contributed by atoms with E-state index in [1.807, 2.05) is 11.9 Å². The first kappa shape index (κ1) is 13.8. The van der Waals surface area contributed by atoms with Gasteiger partial charge >= 0.3 is 0 Å². The molecular formula is C14H19ClFNO. The van der Waals surface area contributed by atoms with Gasteiger partial charge in [0.05, 0.1) is 10.6 Å². The largest absolute Gasteiger partial charge is 0.389 e. The fourth-order valence-corrected chi connectivity index (χ4v) is 2.91. The Hall–Kier alpha value is -0.640. The normalized spacial score (nSPS) is 18.5. The smallest absolute Gasteiger partial charge is 0.146 e. The molecule has 0 unspecified atom stereocenters. The third-order valence-corrected chi connectivity index (χ3v) is 3.86. The van der Waals surface area contributed by atoms with Crippen LogP contribution < -0.4 is 0 Å². The SMILES string of the molecule is CN(Cc1cccc(Cl)c1F)CC1(O)CCCC1. The molecule has 0 amide bonds. The first-order valence-electron chi connectivity index (χ1n) is 6.34. The molecule has 100 valence electrons. The van der Waals surface area contributed by atoms with Crippen molar-refractivity contribution in [2.24, 2.45) is 0 Å². The summed E-state index contributed by atoms with van der Waals surface area (Å²) in [5, 5.41) is 10.5. The molecule has 1 fully saturated rings. The number of benzene rings is 1. The molecule has 0 aromatic heterocycles. The average molecular weight is 272 g/mol. The quantitative estimate of drug-likeness (QED) is 0.909. The van der Waals surface area contributed by atoms with Crippen LogP contribution in [0.1, 0.15) is 31.2 Å². The third-order valence-electron chi connectivity index (χ3n) is 3.57.